The lowest BCUT2D eigenvalue weighted by Crippen LogP contribution is -2.53. The topological polar surface area (TPSA) is 69.9 Å². The number of benzene rings is 3. The molecule has 3 aromatic carbocycles. The lowest BCUT2D eigenvalue weighted by molar-refractivity contribution is -0.143. The molecular weight excluding hydrogens is 472 g/mol. The Morgan fingerprint density at radius 3 is 2.16 bits per heavy atom. The number of carbonyl (C=O) groups excluding carboxylic acids is 2. The van der Waals surface area contributed by atoms with Gasteiger partial charge in [-0.05, 0) is 62.1 Å². The van der Waals surface area contributed by atoms with Gasteiger partial charge < -0.3 is 15.5 Å². The van der Waals surface area contributed by atoms with Crippen LogP contribution in [-0.2, 0) is 21.5 Å². The van der Waals surface area contributed by atoms with Crippen LogP contribution in [0.2, 0.25) is 0 Å². The fourth-order valence-electron chi connectivity index (χ4n) is 5.27. The van der Waals surface area contributed by atoms with Crippen LogP contribution in [0.3, 0.4) is 0 Å². The van der Waals surface area contributed by atoms with E-state index in [1.54, 1.807) is 24.0 Å². The molecule has 2 N–H and O–H groups in total. The summed E-state index contributed by atoms with van der Waals surface area (Å²) in [7, 11) is 0. The predicted molar refractivity (Wildman–Crippen MR) is 154 cm³/mol. The molecule has 1 heterocycles. The predicted octanol–water partition coefficient (Wildman–Crippen LogP) is 4.29. The van der Waals surface area contributed by atoms with Crippen LogP contribution in [0.4, 0.5) is 5.69 Å². The van der Waals surface area contributed by atoms with Crippen LogP contribution in [0.5, 0.6) is 0 Å². The van der Waals surface area contributed by atoms with Crippen molar-refractivity contribution in [3.63, 3.8) is 0 Å². The summed E-state index contributed by atoms with van der Waals surface area (Å²) in [6.07, 6.45) is 0.825. The second kappa shape index (κ2) is 12.3. The SMILES string of the molecule is Cc1ccc(C)c(N2CCN(CCCN(Cc3ccccc3)C(=O)C(C)(C(N)=O)c3ccccc3)CC2)c1. The maximum absolute atomic E-state index is 14.0. The molecule has 4 rings (SSSR count). The number of hydrogen-bond acceptors (Lipinski definition) is 4. The second-order valence-corrected chi connectivity index (χ2v) is 10.5. The first-order valence-electron chi connectivity index (χ1n) is 13.5. The van der Waals surface area contributed by atoms with Gasteiger partial charge in [-0.2, -0.15) is 0 Å². The molecule has 0 spiro atoms. The van der Waals surface area contributed by atoms with Gasteiger partial charge in [-0.25, -0.2) is 0 Å². The molecule has 6 heteroatoms. The molecular formula is C32H40N4O2. The molecule has 2 amide bonds. The number of aryl methyl sites for hydroxylation is 2. The summed E-state index contributed by atoms with van der Waals surface area (Å²) >= 11 is 0. The number of carbonyl (C=O) groups is 2. The lowest BCUT2D eigenvalue weighted by atomic mass is 9.80. The number of anilines is 1. The van der Waals surface area contributed by atoms with E-state index in [4.69, 9.17) is 5.73 Å². The first kappa shape index (κ1) is 27.4. The third kappa shape index (κ3) is 6.25. The number of primary amides is 1. The summed E-state index contributed by atoms with van der Waals surface area (Å²) in [6.45, 7) is 11.8. The Bertz CT molecular complexity index is 1220. The van der Waals surface area contributed by atoms with Crippen molar-refractivity contribution in [3.8, 4) is 0 Å². The molecule has 200 valence electrons. The minimum Gasteiger partial charge on any atom is -0.369 e. The summed E-state index contributed by atoms with van der Waals surface area (Å²) in [4.78, 5) is 33.4. The van der Waals surface area contributed by atoms with Crippen LogP contribution in [0.15, 0.2) is 78.9 Å². The molecule has 1 atom stereocenters. The highest BCUT2D eigenvalue weighted by atomic mass is 16.2. The van der Waals surface area contributed by atoms with Gasteiger partial charge >= 0.3 is 0 Å². The first-order chi connectivity index (χ1) is 18.3. The maximum atomic E-state index is 14.0. The van der Waals surface area contributed by atoms with Gasteiger partial charge in [0.05, 0.1) is 0 Å². The fraction of sp³-hybridized carbons (Fsp3) is 0.375. The van der Waals surface area contributed by atoms with Crippen molar-refractivity contribution in [3.05, 3.63) is 101 Å². The fourth-order valence-corrected chi connectivity index (χ4v) is 5.27. The third-order valence-electron chi connectivity index (χ3n) is 7.76. The van der Waals surface area contributed by atoms with E-state index < -0.39 is 11.3 Å². The van der Waals surface area contributed by atoms with E-state index in [-0.39, 0.29) is 5.91 Å². The molecule has 3 aromatic rings. The number of nitrogens with zero attached hydrogens (tertiary/aromatic N) is 3. The van der Waals surface area contributed by atoms with Crippen LogP contribution in [0.25, 0.3) is 0 Å². The second-order valence-electron chi connectivity index (χ2n) is 10.5. The van der Waals surface area contributed by atoms with Crippen LogP contribution in [-0.4, -0.2) is 60.9 Å². The standard InChI is InChI=1S/C32H40N4O2/c1-25-15-16-26(2)29(23-25)35-21-19-34(20-22-35)17-10-18-36(24-27-11-6-4-7-12-27)31(38)32(3,30(33)37)28-13-8-5-9-14-28/h4-9,11-16,23H,10,17-22,24H2,1-3H3,(H2,33,37). The maximum Gasteiger partial charge on any atom is 0.242 e. The number of rotatable bonds is 10. The smallest absolute Gasteiger partial charge is 0.242 e. The Morgan fingerprint density at radius 2 is 1.53 bits per heavy atom. The van der Waals surface area contributed by atoms with E-state index in [1.165, 1.54) is 16.8 Å². The zero-order valence-electron chi connectivity index (χ0n) is 22.9. The van der Waals surface area contributed by atoms with E-state index in [0.717, 1.165) is 44.7 Å². The molecule has 1 fully saturated rings. The highest BCUT2D eigenvalue weighted by Crippen LogP contribution is 2.28. The van der Waals surface area contributed by atoms with Gasteiger partial charge in [0.15, 0.2) is 0 Å². The molecule has 0 aliphatic carbocycles. The van der Waals surface area contributed by atoms with Crippen molar-refractivity contribution in [1.29, 1.82) is 0 Å². The number of nitrogens with two attached hydrogens (primary N) is 1. The lowest BCUT2D eigenvalue weighted by Gasteiger charge is -2.37. The molecule has 1 unspecified atom stereocenters. The van der Waals surface area contributed by atoms with Gasteiger partial charge in [-0.15, -0.1) is 0 Å². The molecule has 38 heavy (non-hydrogen) atoms. The van der Waals surface area contributed by atoms with Crippen molar-refractivity contribution < 1.29 is 9.59 Å². The highest BCUT2D eigenvalue weighted by Gasteiger charge is 2.43. The Kier molecular flexibility index (Phi) is 8.85. The number of hydrogen-bond donors (Lipinski definition) is 1. The number of amides is 2. The van der Waals surface area contributed by atoms with Gasteiger partial charge in [0.1, 0.15) is 5.41 Å². The average Bonchev–Trinajstić information content (AvgIpc) is 2.94. The highest BCUT2D eigenvalue weighted by molar-refractivity contribution is 6.09. The van der Waals surface area contributed by atoms with Crippen molar-refractivity contribution in [1.82, 2.24) is 9.80 Å². The molecule has 1 saturated heterocycles. The summed E-state index contributed by atoms with van der Waals surface area (Å²) in [5.41, 5.74) is 10.0. The quantitative estimate of drug-likeness (QED) is 0.412. The Labute approximate surface area is 227 Å². The third-order valence-corrected chi connectivity index (χ3v) is 7.76. The van der Waals surface area contributed by atoms with Crippen LogP contribution >= 0.6 is 0 Å². The molecule has 1 aliphatic rings. The zero-order valence-corrected chi connectivity index (χ0v) is 22.9. The Balaban J connectivity index is 1.42. The largest absolute Gasteiger partial charge is 0.369 e. The van der Waals surface area contributed by atoms with Gasteiger partial charge in [0.25, 0.3) is 0 Å². The van der Waals surface area contributed by atoms with E-state index >= 15 is 0 Å². The van der Waals surface area contributed by atoms with E-state index in [9.17, 15) is 9.59 Å². The Morgan fingerprint density at radius 1 is 0.895 bits per heavy atom. The minimum absolute atomic E-state index is 0.250. The first-order valence-corrected chi connectivity index (χ1v) is 13.5. The zero-order chi connectivity index (χ0) is 27.1. The molecule has 0 saturated carbocycles. The van der Waals surface area contributed by atoms with Gasteiger partial charge in [-0.3, -0.25) is 14.5 Å². The minimum atomic E-state index is -1.42. The number of piperazine rings is 1. The van der Waals surface area contributed by atoms with E-state index in [2.05, 4.69) is 41.8 Å². The van der Waals surface area contributed by atoms with Gasteiger partial charge in [-0.1, -0.05) is 72.8 Å². The molecule has 1 aliphatic heterocycles. The summed E-state index contributed by atoms with van der Waals surface area (Å²) in [6, 6.07) is 25.7. The molecule has 0 radical (unpaired) electrons. The van der Waals surface area contributed by atoms with Crippen LogP contribution < -0.4 is 10.6 Å². The summed E-state index contributed by atoms with van der Waals surface area (Å²) in [5, 5.41) is 0. The van der Waals surface area contributed by atoms with Crippen LogP contribution in [0, 0.1) is 13.8 Å². The Hall–Kier alpha value is -3.64. The molecule has 6 nitrogen and oxygen atoms in total. The van der Waals surface area contributed by atoms with Crippen molar-refractivity contribution in [2.75, 3.05) is 44.2 Å². The van der Waals surface area contributed by atoms with E-state index in [1.807, 2.05) is 48.5 Å². The van der Waals surface area contributed by atoms with Gasteiger partial charge in [0.2, 0.25) is 11.8 Å². The molecule has 0 aromatic heterocycles. The van der Waals surface area contributed by atoms with Crippen molar-refractivity contribution in [2.45, 2.75) is 39.2 Å². The van der Waals surface area contributed by atoms with Crippen LogP contribution in [0.1, 0.15) is 35.6 Å². The monoisotopic (exact) mass is 512 g/mol. The molecule has 0 bridgehead atoms. The van der Waals surface area contributed by atoms with Crippen molar-refractivity contribution >= 4 is 17.5 Å². The summed E-state index contributed by atoms with van der Waals surface area (Å²) in [5.74, 6) is -0.880. The normalized spacial score (nSPS) is 15.6. The summed E-state index contributed by atoms with van der Waals surface area (Å²) < 4.78 is 0. The van der Waals surface area contributed by atoms with E-state index in [0.29, 0.717) is 18.7 Å². The van der Waals surface area contributed by atoms with Gasteiger partial charge in [0, 0.05) is 45.0 Å². The van der Waals surface area contributed by atoms with Crippen molar-refractivity contribution in [2.24, 2.45) is 5.73 Å². The average molecular weight is 513 g/mol.